The lowest BCUT2D eigenvalue weighted by Crippen LogP contribution is -2.36. The van der Waals surface area contributed by atoms with Crippen molar-refractivity contribution in [3.63, 3.8) is 0 Å². The molecular weight excluding hydrogens is 318 g/mol. The Morgan fingerprint density at radius 3 is 2.80 bits per heavy atom. The van der Waals surface area contributed by atoms with Crippen LogP contribution in [0.1, 0.15) is 35.8 Å². The third-order valence-corrected chi connectivity index (χ3v) is 4.60. The van der Waals surface area contributed by atoms with Crippen LogP contribution in [-0.2, 0) is 6.54 Å². The zero-order chi connectivity index (χ0) is 17.6. The van der Waals surface area contributed by atoms with E-state index in [1.54, 1.807) is 25.4 Å². The molecule has 1 aliphatic heterocycles. The van der Waals surface area contributed by atoms with E-state index in [2.05, 4.69) is 14.9 Å². The maximum absolute atomic E-state index is 11.7. The Hall–Kier alpha value is -2.47. The van der Waals surface area contributed by atoms with Gasteiger partial charge in [0.25, 0.3) is 5.56 Å². The Kier molecular flexibility index (Phi) is 5.60. The SMILES string of the molecule is CC(=O)c1ccccc1OCC1CCN(Cc2ncc[nH]c2=O)CC1. The fourth-order valence-corrected chi connectivity index (χ4v) is 3.11. The molecule has 25 heavy (non-hydrogen) atoms. The molecule has 0 unspecified atom stereocenters. The van der Waals surface area contributed by atoms with Gasteiger partial charge in [0.1, 0.15) is 11.4 Å². The molecular formula is C19H23N3O3. The first-order valence-corrected chi connectivity index (χ1v) is 8.61. The van der Waals surface area contributed by atoms with Crippen molar-refractivity contribution < 1.29 is 9.53 Å². The highest BCUT2D eigenvalue weighted by molar-refractivity contribution is 5.96. The van der Waals surface area contributed by atoms with E-state index >= 15 is 0 Å². The fraction of sp³-hybridized carbons (Fsp3) is 0.421. The second-order valence-electron chi connectivity index (χ2n) is 6.45. The highest BCUT2D eigenvalue weighted by atomic mass is 16.5. The largest absolute Gasteiger partial charge is 0.493 e. The number of nitrogens with zero attached hydrogens (tertiary/aromatic N) is 2. The van der Waals surface area contributed by atoms with Crippen LogP contribution in [0.2, 0.25) is 0 Å². The number of Topliss-reactive ketones (excluding diaryl/α,β-unsaturated/α-hetero) is 1. The molecule has 6 nitrogen and oxygen atoms in total. The van der Waals surface area contributed by atoms with Crippen LogP contribution in [0, 0.1) is 5.92 Å². The number of aromatic amines is 1. The van der Waals surface area contributed by atoms with E-state index < -0.39 is 0 Å². The third kappa shape index (κ3) is 4.54. The summed E-state index contributed by atoms with van der Waals surface area (Å²) in [6.07, 6.45) is 5.18. The summed E-state index contributed by atoms with van der Waals surface area (Å²) in [4.78, 5) is 32.4. The fourth-order valence-electron chi connectivity index (χ4n) is 3.11. The summed E-state index contributed by atoms with van der Waals surface area (Å²) in [5, 5.41) is 0. The molecule has 0 atom stereocenters. The number of H-pyrrole nitrogens is 1. The van der Waals surface area contributed by atoms with Crippen molar-refractivity contribution in [1.29, 1.82) is 0 Å². The van der Waals surface area contributed by atoms with E-state index in [1.165, 1.54) is 0 Å². The van der Waals surface area contributed by atoms with Crippen LogP contribution < -0.4 is 10.3 Å². The third-order valence-electron chi connectivity index (χ3n) is 4.60. The number of benzene rings is 1. The van der Waals surface area contributed by atoms with Gasteiger partial charge < -0.3 is 9.72 Å². The lowest BCUT2D eigenvalue weighted by molar-refractivity contribution is 0.100. The minimum atomic E-state index is -0.117. The number of para-hydroxylation sites is 1. The van der Waals surface area contributed by atoms with Crippen LogP contribution in [0.5, 0.6) is 5.75 Å². The molecule has 132 valence electrons. The summed E-state index contributed by atoms with van der Waals surface area (Å²) in [6, 6.07) is 7.38. The number of hydrogen-bond donors (Lipinski definition) is 1. The second kappa shape index (κ2) is 8.07. The van der Waals surface area contributed by atoms with Crippen molar-refractivity contribution in [2.45, 2.75) is 26.3 Å². The summed E-state index contributed by atoms with van der Waals surface area (Å²) in [5.74, 6) is 1.14. The molecule has 0 amide bonds. The van der Waals surface area contributed by atoms with Gasteiger partial charge in [0, 0.05) is 18.9 Å². The average molecular weight is 341 g/mol. The van der Waals surface area contributed by atoms with Crippen LogP contribution in [0.15, 0.2) is 41.5 Å². The van der Waals surface area contributed by atoms with Gasteiger partial charge >= 0.3 is 0 Å². The molecule has 1 aromatic heterocycles. The van der Waals surface area contributed by atoms with E-state index in [0.29, 0.717) is 36.1 Å². The van der Waals surface area contributed by atoms with Gasteiger partial charge in [0.2, 0.25) is 0 Å². The monoisotopic (exact) mass is 341 g/mol. The molecule has 1 aliphatic rings. The van der Waals surface area contributed by atoms with Gasteiger partial charge in [0.15, 0.2) is 5.78 Å². The minimum Gasteiger partial charge on any atom is -0.493 e. The zero-order valence-electron chi connectivity index (χ0n) is 14.4. The first-order valence-electron chi connectivity index (χ1n) is 8.61. The molecule has 0 aliphatic carbocycles. The van der Waals surface area contributed by atoms with Gasteiger partial charge in [-0.3, -0.25) is 19.5 Å². The van der Waals surface area contributed by atoms with Gasteiger partial charge in [-0.2, -0.15) is 0 Å². The molecule has 0 radical (unpaired) electrons. The lowest BCUT2D eigenvalue weighted by atomic mass is 9.97. The maximum Gasteiger partial charge on any atom is 0.270 e. The van der Waals surface area contributed by atoms with Crippen LogP contribution in [0.3, 0.4) is 0 Å². The number of ketones is 1. The van der Waals surface area contributed by atoms with Gasteiger partial charge in [-0.25, -0.2) is 0 Å². The Bertz CT molecular complexity index is 779. The van der Waals surface area contributed by atoms with Crippen molar-refractivity contribution in [3.05, 3.63) is 58.3 Å². The molecule has 2 aromatic rings. The molecule has 6 heteroatoms. The molecule has 1 saturated heterocycles. The number of carbonyl (C=O) groups excluding carboxylic acids is 1. The number of ether oxygens (including phenoxy) is 1. The quantitative estimate of drug-likeness (QED) is 0.816. The summed E-state index contributed by atoms with van der Waals surface area (Å²) < 4.78 is 5.90. The molecule has 0 saturated carbocycles. The Labute approximate surface area is 146 Å². The predicted molar refractivity (Wildman–Crippen MR) is 94.8 cm³/mol. The molecule has 1 N–H and O–H groups in total. The van der Waals surface area contributed by atoms with Crippen molar-refractivity contribution in [2.75, 3.05) is 19.7 Å². The van der Waals surface area contributed by atoms with Gasteiger partial charge in [-0.1, -0.05) is 12.1 Å². The van der Waals surface area contributed by atoms with E-state index in [9.17, 15) is 9.59 Å². The summed E-state index contributed by atoms with van der Waals surface area (Å²) in [6.45, 7) is 4.58. The first kappa shape index (κ1) is 17.4. The Morgan fingerprint density at radius 1 is 1.32 bits per heavy atom. The molecule has 3 rings (SSSR count). The predicted octanol–water partition coefficient (Wildman–Crippen LogP) is 2.26. The molecule has 0 spiro atoms. The topological polar surface area (TPSA) is 75.3 Å². The van der Waals surface area contributed by atoms with Crippen LogP contribution in [0.25, 0.3) is 0 Å². The van der Waals surface area contributed by atoms with Crippen molar-refractivity contribution in [2.24, 2.45) is 5.92 Å². The Balaban J connectivity index is 1.49. The number of piperidine rings is 1. The lowest BCUT2D eigenvalue weighted by Gasteiger charge is -2.31. The van der Waals surface area contributed by atoms with Crippen molar-refractivity contribution in [3.8, 4) is 5.75 Å². The summed E-state index contributed by atoms with van der Waals surface area (Å²) in [7, 11) is 0. The van der Waals surface area contributed by atoms with Crippen molar-refractivity contribution >= 4 is 5.78 Å². The minimum absolute atomic E-state index is 0.0194. The zero-order valence-corrected chi connectivity index (χ0v) is 14.4. The number of hydrogen-bond acceptors (Lipinski definition) is 5. The average Bonchev–Trinajstić information content (AvgIpc) is 2.63. The molecule has 2 heterocycles. The van der Waals surface area contributed by atoms with E-state index in [4.69, 9.17) is 4.74 Å². The number of nitrogens with one attached hydrogen (secondary N) is 1. The second-order valence-corrected chi connectivity index (χ2v) is 6.45. The number of rotatable bonds is 6. The molecule has 0 bridgehead atoms. The van der Waals surface area contributed by atoms with Crippen LogP contribution in [-0.4, -0.2) is 40.3 Å². The van der Waals surface area contributed by atoms with Gasteiger partial charge in [-0.15, -0.1) is 0 Å². The maximum atomic E-state index is 11.7. The van der Waals surface area contributed by atoms with Gasteiger partial charge in [-0.05, 0) is 50.9 Å². The Morgan fingerprint density at radius 2 is 2.08 bits per heavy atom. The number of aromatic nitrogens is 2. The standard InChI is InChI=1S/C19H23N3O3/c1-14(23)16-4-2-3-5-18(16)25-13-15-6-10-22(11-7-15)12-17-19(24)21-9-8-20-17/h2-5,8-9,15H,6-7,10-13H2,1H3,(H,21,24). The van der Waals surface area contributed by atoms with Gasteiger partial charge in [0.05, 0.1) is 12.2 Å². The van der Waals surface area contributed by atoms with E-state index in [1.807, 2.05) is 18.2 Å². The van der Waals surface area contributed by atoms with E-state index in [-0.39, 0.29) is 11.3 Å². The molecule has 1 fully saturated rings. The smallest absolute Gasteiger partial charge is 0.270 e. The number of likely N-dealkylation sites (tertiary alicyclic amines) is 1. The summed E-state index contributed by atoms with van der Waals surface area (Å²) >= 11 is 0. The highest BCUT2D eigenvalue weighted by Crippen LogP contribution is 2.23. The van der Waals surface area contributed by atoms with Crippen LogP contribution >= 0.6 is 0 Å². The van der Waals surface area contributed by atoms with Crippen LogP contribution in [0.4, 0.5) is 0 Å². The summed E-state index contributed by atoms with van der Waals surface area (Å²) in [5.41, 5.74) is 1.08. The number of carbonyl (C=O) groups is 1. The highest BCUT2D eigenvalue weighted by Gasteiger charge is 2.21. The van der Waals surface area contributed by atoms with Crippen molar-refractivity contribution in [1.82, 2.24) is 14.9 Å². The van der Waals surface area contributed by atoms with E-state index in [0.717, 1.165) is 25.9 Å². The molecule has 1 aromatic carbocycles. The first-order chi connectivity index (χ1) is 12.1. The normalized spacial score (nSPS) is 15.9.